The molecular weight excluding hydrogens is 218 g/mol. The number of hydrogen-bond acceptors (Lipinski definition) is 6. The van der Waals surface area contributed by atoms with Crippen LogP contribution in [0, 0.1) is 0 Å². The molecule has 0 aliphatic heterocycles. The van der Waals surface area contributed by atoms with E-state index in [1.54, 1.807) is 0 Å². The number of aliphatic hydroxyl groups is 2. The number of nitrogens with two attached hydrogens (primary N) is 1. The highest BCUT2D eigenvalue weighted by Gasteiger charge is 1.89. The van der Waals surface area contributed by atoms with Gasteiger partial charge in [-0.3, -0.25) is 4.79 Å². The fourth-order valence-electron chi connectivity index (χ4n) is 0.671. The van der Waals surface area contributed by atoms with Gasteiger partial charge in [0.2, 0.25) is 6.41 Å². The predicted molar refractivity (Wildman–Crippen MR) is 56.9 cm³/mol. The van der Waals surface area contributed by atoms with E-state index in [2.05, 4.69) is 5.73 Å². The average Bonchev–Trinajstić information content (AvgIpc) is 2.28. The Morgan fingerprint density at radius 3 is 1.31 bits per heavy atom. The van der Waals surface area contributed by atoms with Gasteiger partial charge < -0.3 is 30.2 Å². The number of primary amides is 1. The number of carbonyl (C=O) groups excluding carboxylic acids is 1. The van der Waals surface area contributed by atoms with Gasteiger partial charge in [0.25, 0.3) is 0 Å². The van der Waals surface area contributed by atoms with Gasteiger partial charge in [0.1, 0.15) is 0 Å². The molecule has 1 amide bonds. The molecule has 0 aromatic carbocycles. The maximum atomic E-state index is 8.58. The highest BCUT2D eigenvalue weighted by atomic mass is 16.5. The van der Waals surface area contributed by atoms with Crippen molar-refractivity contribution in [1.29, 1.82) is 0 Å². The molecule has 0 fully saturated rings. The van der Waals surface area contributed by atoms with Gasteiger partial charge in [0, 0.05) is 0 Å². The van der Waals surface area contributed by atoms with Crippen molar-refractivity contribution >= 4 is 6.41 Å². The van der Waals surface area contributed by atoms with Crippen molar-refractivity contribution in [3.05, 3.63) is 0 Å². The first-order valence-corrected chi connectivity index (χ1v) is 4.93. The third-order valence-electron chi connectivity index (χ3n) is 1.22. The summed E-state index contributed by atoms with van der Waals surface area (Å²) >= 11 is 0. The topological polar surface area (TPSA) is 111 Å². The lowest BCUT2D eigenvalue weighted by molar-refractivity contribution is -0.106. The smallest absolute Gasteiger partial charge is 0.204 e. The van der Waals surface area contributed by atoms with E-state index < -0.39 is 0 Å². The van der Waals surface area contributed by atoms with E-state index in [0.717, 1.165) is 0 Å². The van der Waals surface area contributed by atoms with E-state index in [1.165, 1.54) is 0 Å². The molecule has 0 rings (SSSR count). The van der Waals surface area contributed by atoms with Crippen molar-refractivity contribution in [3.63, 3.8) is 0 Å². The maximum Gasteiger partial charge on any atom is 0.204 e. The van der Waals surface area contributed by atoms with E-state index in [-0.39, 0.29) is 19.6 Å². The molecule has 7 nitrogen and oxygen atoms in total. The second kappa shape index (κ2) is 19.8. The zero-order valence-electron chi connectivity index (χ0n) is 9.34. The number of ether oxygens (including phenoxy) is 3. The molecule has 0 aliphatic rings. The van der Waals surface area contributed by atoms with Crippen molar-refractivity contribution in [2.24, 2.45) is 5.73 Å². The first-order chi connectivity index (χ1) is 7.83. The van der Waals surface area contributed by atoms with Gasteiger partial charge in [-0.05, 0) is 0 Å². The molecule has 4 N–H and O–H groups in total. The number of amides is 1. The second-order valence-electron chi connectivity index (χ2n) is 2.42. The van der Waals surface area contributed by atoms with E-state index >= 15 is 0 Å². The molecule has 0 aromatic heterocycles. The Hall–Kier alpha value is -0.730. The minimum Gasteiger partial charge on any atom is -0.394 e. The fourth-order valence-corrected chi connectivity index (χ4v) is 0.671. The number of hydrogen-bond donors (Lipinski definition) is 3. The molecule has 16 heavy (non-hydrogen) atoms. The summed E-state index contributed by atoms with van der Waals surface area (Å²) < 4.78 is 15.0. The van der Waals surface area contributed by atoms with Crippen molar-refractivity contribution in [2.45, 2.75) is 0 Å². The van der Waals surface area contributed by atoms with Gasteiger partial charge >= 0.3 is 0 Å². The molecule has 0 aliphatic carbocycles. The van der Waals surface area contributed by atoms with Crippen LogP contribution in [0.4, 0.5) is 0 Å². The summed E-state index contributed by atoms with van der Waals surface area (Å²) in [7, 11) is 0. The minimum absolute atomic E-state index is 0.0413. The molecule has 0 saturated carbocycles. The first-order valence-electron chi connectivity index (χ1n) is 4.93. The monoisotopic (exact) mass is 239 g/mol. The van der Waals surface area contributed by atoms with Gasteiger partial charge in [-0.25, -0.2) is 0 Å². The number of aliphatic hydroxyl groups excluding tert-OH is 2. The molecule has 0 spiro atoms. The fraction of sp³-hybridized carbons (Fsp3) is 0.889. The van der Waals surface area contributed by atoms with Crippen molar-refractivity contribution in [3.8, 4) is 0 Å². The largest absolute Gasteiger partial charge is 0.394 e. The van der Waals surface area contributed by atoms with E-state index in [0.29, 0.717) is 39.6 Å². The lowest BCUT2D eigenvalue weighted by atomic mass is 10.7. The van der Waals surface area contributed by atoms with Gasteiger partial charge in [-0.15, -0.1) is 0 Å². The Morgan fingerprint density at radius 2 is 1.06 bits per heavy atom. The van der Waals surface area contributed by atoms with Gasteiger partial charge in [0.05, 0.1) is 52.9 Å². The molecular formula is C9H21NO6. The van der Waals surface area contributed by atoms with Crippen molar-refractivity contribution < 1.29 is 29.2 Å². The summed E-state index contributed by atoms with van der Waals surface area (Å²) in [6, 6.07) is 0. The van der Waals surface area contributed by atoms with Crippen LogP contribution >= 0.6 is 0 Å². The summed E-state index contributed by atoms with van der Waals surface area (Å²) in [4.78, 5) is 8.58. The van der Waals surface area contributed by atoms with E-state index in [1.807, 2.05) is 0 Å². The van der Waals surface area contributed by atoms with Crippen LogP contribution in [-0.2, 0) is 19.0 Å². The summed E-state index contributed by atoms with van der Waals surface area (Å²) in [6.45, 7) is 2.76. The van der Waals surface area contributed by atoms with Gasteiger partial charge in [-0.2, -0.15) is 0 Å². The molecule has 0 aromatic rings. The molecule has 98 valence electrons. The lowest BCUT2D eigenvalue weighted by Crippen LogP contribution is -2.11. The van der Waals surface area contributed by atoms with Crippen LogP contribution in [0.5, 0.6) is 0 Å². The first kappa shape index (κ1) is 17.7. The van der Waals surface area contributed by atoms with Crippen LogP contribution in [0.15, 0.2) is 0 Å². The Kier molecular flexibility index (Phi) is 21.8. The van der Waals surface area contributed by atoms with Crippen LogP contribution in [0.2, 0.25) is 0 Å². The van der Waals surface area contributed by atoms with Gasteiger partial charge in [0.15, 0.2) is 0 Å². The van der Waals surface area contributed by atoms with Crippen molar-refractivity contribution in [2.75, 3.05) is 52.9 Å². The van der Waals surface area contributed by atoms with Crippen LogP contribution in [0.1, 0.15) is 0 Å². The summed E-state index contributed by atoms with van der Waals surface area (Å²) in [6.07, 6.45) is 0.250. The molecule has 0 atom stereocenters. The average molecular weight is 239 g/mol. The summed E-state index contributed by atoms with van der Waals surface area (Å²) in [5.74, 6) is 0. The van der Waals surface area contributed by atoms with Crippen LogP contribution in [0.25, 0.3) is 0 Å². The number of rotatable bonds is 10. The normalized spacial score (nSPS) is 9.38. The van der Waals surface area contributed by atoms with E-state index in [4.69, 9.17) is 29.2 Å². The minimum atomic E-state index is 0.0413. The standard InChI is InChI=1S/C8H18O5.CH3NO/c9-1-3-11-5-7-13-8-6-12-4-2-10;2-1-3/h9-10H,1-8H2;1H,(H2,2,3). The quantitative estimate of drug-likeness (QED) is 0.304. The summed E-state index contributed by atoms with van der Waals surface area (Å²) in [5.41, 5.74) is 4.17. The molecule has 7 heteroatoms. The Morgan fingerprint density at radius 1 is 0.812 bits per heavy atom. The van der Waals surface area contributed by atoms with Crippen LogP contribution < -0.4 is 5.73 Å². The lowest BCUT2D eigenvalue weighted by Gasteiger charge is -2.04. The van der Waals surface area contributed by atoms with E-state index in [9.17, 15) is 0 Å². The Bertz CT molecular complexity index is 115. The molecule has 0 heterocycles. The molecule has 0 unspecified atom stereocenters. The third-order valence-corrected chi connectivity index (χ3v) is 1.22. The number of carbonyl (C=O) groups is 1. The Labute approximate surface area is 95.1 Å². The zero-order chi connectivity index (χ0) is 12.5. The van der Waals surface area contributed by atoms with Crippen LogP contribution in [-0.4, -0.2) is 69.5 Å². The van der Waals surface area contributed by atoms with Crippen molar-refractivity contribution in [1.82, 2.24) is 0 Å². The van der Waals surface area contributed by atoms with Crippen LogP contribution in [0.3, 0.4) is 0 Å². The maximum absolute atomic E-state index is 8.58. The SMILES string of the molecule is NC=O.OCCOCCOCCOCCO. The highest BCUT2D eigenvalue weighted by molar-refractivity contribution is 5.42. The zero-order valence-corrected chi connectivity index (χ0v) is 9.34. The molecule has 0 saturated heterocycles. The second-order valence-corrected chi connectivity index (χ2v) is 2.42. The van der Waals surface area contributed by atoms with Gasteiger partial charge in [-0.1, -0.05) is 0 Å². The highest BCUT2D eigenvalue weighted by Crippen LogP contribution is 1.80. The third kappa shape index (κ3) is 23.2. The molecule has 0 radical (unpaired) electrons. The molecule has 0 bridgehead atoms. The predicted octanol–water partition coefficient (Wildman–Crippen LogP) is -1.88. The Balaban J connectivity index is 0. The summed E-state index contributed by atoms with van der Waals surface area (Å²) in [5, 5.41) is 16.7.